The van der Waals surface area contributed by atoms with Gasteiger partial charge in [-0.2, -0.15) is 18.9 Å². The number of imide groups is 1. The van der Waals surface area contributed by atoms with Crippen LogP contribution in [0.15, 0.2) is 0 Å². The van der Waals surface area contributed by atoms with Crippen molar-refractivity contribution in [2.45, 2.75) is 19.4 Å². The Labute approximate surface area is 163 Å². The number of carbonyl (C=O) groups excluding carboxylic acids is 2. The first-order chi connectivity index (χ1) is 10.7. The lowest BCUT2D eigenvalue weighted by Gasteiger charge is -2.19. The highest BCUT2D eigenvalue weighted by Gasteiger charge is 2.50. The highest BCUT2D eigenvalue weighted by molar-refractivity contribution is 9.08. The largest absolute Gasteiger partial charge is 0.348 e. The third-order valence-corrected chi connectivity index (χ3v) is 4.74. The minimum atomic E-state index is -0.805. The van der Waals surface area contributed by atoms with Crippen molar-refractivity contribution < 1.29 is 9.59 Å². The molecule has 0 saturated carbocycles. The first kappa shape index (κ1) is 20.2. The number of nitrogens with zero attached hydrogens (tertiary/aromatic N) is 5. The Bertz CT molecular complexity index is 551. The van der Waals surface area contributed by atoms with Crippen molar-refractivity contribution in [2.24, 2.45) is 0 Å². The topological polar surface area (TPSA) is 115 Å². The normalized spacial score (nSPS) is 16.0. The molecular formula is C8H9Br2Cl3N8O2. The first-order valence-corrected chi connectivity index (χ1v) is 8.10. The molecule has 23 heavy (non-hydrogen) atoms. The number of nitrogens with one attached hydrogen (secondary N) is 3. The van der Waals surface area contributed by atoms with Crippen LogP contribution >= 0.6 is 67.6 Å². The van der Waals surface area contributed by atoms with Crippen molar-refractivity contribution in [3.63, 3.8) is 0 Å². The van der Waals surface area contributed by atoms with Gasteiger partial charge in [-0.3, -0.25) is 19.3 Å². The smallest absolute Gasteiger partial charge is 0.271 e. The molecule has 1 aromatic rings. The lowest BCUT2D eigenvalue weighted by molar-refractivity contribution is -0.127. The summed E-state index contributed by atoms with van der Waals surface area (Å²) in [7, 11) is 0. The van der Waals surface area contributed by atoms with Crippen LogP contribution in [-0.2, 0) is 4.79 Å². The van der Waals surface area contributed by atoms with E-state index in [0.717, 1.165) is 3.93 Å². The van der Waals surface area contributed by atoms with Crippen LogP contribution in [0.1, 0.15) is 13.8 Å². The van der Waals surface area contributed by atoms with Crippen molar-refractivity contribution in [2.75, 3.05) is 14.5 Å². The number of rotatable bonds is 3. The molecule has 0 bridgehead atoms. The molecule has 128 valence electrons. The number of carbonyl (C=O) groups is 2. The number of urea groups is 1. The number of hydrogen-bond acceptors (Lipinski definition) is 8. The van der Waals surface area contributed by atoms with Crippen LogP contribution in [0.5, 0.6) is 0 Å². The van der Waals surface area contributed by atoms with E-state index in [1.165, 1.54) is 3.93 Å². The molecule has 0 spiro atoms. The molecule has 0 radical (unpaired) electrons. The summed E-state index contributed by atoms with van der Waals surface area (Å²) in [5.74, 6) is 0.133. The Balaban J connectivity index is 0.000000231. The van der Waals surface area contributed by atoms with Gasteiger partial charge in [-0.25, -0.2) is 8.72 Å². The van der Waals surface area contributed by atoms with Crippen molar-refractivity contribution in [1.82, 2.24) is 22.8 Å². The molecular weight excluding hydrogens is 506 g/mol. The first-order valence-electron chi connectivity index (χ1n) is 5.55. The van der Waals surface area contributed by atoms with Crippen LogP contribution in [0, 0.1) is 0 Å². The van der Waals surface area contributed by atoms with Gasteiger partial charge in [0.25, 0.3) is 5.91 Å². The van der Waals surface area contributed by atoms with Crippen LogP contribution in [0.2, 0.25) is 0 Å². The second-order valence-corrected chi connectivity index (χ2v) is 6.28. The van der Waals surface area contributed by atoms with Gasteiger partial charge >= 0.3 is 6.03 Å². The van der Waals surface area contributed by atoms with Gasteiger partial charge in [-0.15, -0.1) is 0 Å². The minimum Gasteiger partial charge on any atom is -0.271 e. The van der Waals surface area contributed by atoms with Gasteiger partial charge in [0.05, 0.1) is 32.3 Å². The maximum Gasteiger partial charge on any atom is 0.348 e. The van der Waals surface area contributed by atoms with Gasteiger partial charge in [0, 0.05) is 35.3 Å². The fourth-order valence-corrected chi connectivity index (χ4v) is 2.60. The maximum absolute atomic E-state index is 11.2. The molecule has 15 heteroatoms. The zero-order chi connectivity index (χ0) is 17.8. The Morgan fingerprint density at radius 2 is 1.26 bits per heavy atom. The highest BCUT2D eigenvalue weighted by atomic mass is 79.9. The molecule has 1 fully saturated rings. The van der Waals surface area contributed by atoms with Crippen LogP contribution in [0.4, 0.5) is 22.6 Å². The van der Waals surface area contributed by atoms with E-state index < -0.39 is 11.6 Å². The third-order valence-electron chi connectivity index (χ3n) is 2.42. The lowest BCUT2D eigenvalue weighted by Crippen LogP contribution is -2.37. The average molecular weight is 515 g/mol. The van der Waals surface area contributed by atoms with Crippen molar-refractivity contribution in [3.05, 3.63) is 0 Å². The molecule has 1 aliphatic heterocycles. The molecule has 1 saturated heterocycles. The van der Waals surface area contributed by atoms with Gasteiger partial charge in [0.2, 0.25) is 17.8 Å². The van der Waals surface area contributed by atoms with Gasteiger partial charge in [0.15, 0.2) is 0 Å². The summed E-state index contributed by atoms with van der Waals surface area (Å²) in [5, 5.41) is 0. The summed E-state index contributed by atoms with van der Waals surface area (Å²) in [6.45, 7) is 3.31. The van der Waals surface area contributed by atoms with Crippen molar-refractivity contribution in [1.29, 1.82) is 0 Å². The van der Waals surface area contributed by atoms with E-state index in [2.05, 4.69) is 61.8 Å². The number of aromatic nitrogens is 3. The zero-order valence-corrected chi connectivity index (χ0v) is 16.9. The summed E-state index contributed by atoms with van der Waals surface area (Å²) in [4.78, 5) is 40.0. The summed E-state index contributed by atoms with van der Waals surface area (Å²) in [5.41, 5.74) is -0.805. The molecule has 3 N–H and O–H groups in total. The predicted octanol–water partition coefficient (Wildman–Crippen LogP) is 3.22. The molecule has 0 unspecified atom stereocenters. The van der Waals surface area contributed by atoms with Crippen molar-refractivity contribution >= 4 is 97.4 Å². The monoisotopic (exact) mass is 512 g/mol. The lowest BCUT2D eigenvalue weighted by atomic mass is 10.1. The highest BCUT2D eigenvalue weighted by Crippen LogP contribution is 2.32. The Kier molecular flexibility index (Phi) is 7.32. The number of anilines is 3. The van der Waals surface area contributed by atoms with E-state index in [9.17, 15) is 9.59 Å². The molecule has 3 amide bonds. The second kappa shape index (κ2) is 8.33. The van der Waals surface area contributed by atoms with E-state index in [0.29, 0.717) is 0 Å². The fourth-order valence-electron chi connectivity index (χ4n) is 1.23. The predicted molar refractivity (Wildman–Crippen MR) is 94.3 cm³/mol. The molecule has 10 nitrogen and oxygen atoms in total. The Hall–Kier alpha value is -0.820. The van der Waals surface area contributed by atoms with Gasteiger partial charge < -0.3 is 0 Å². The Morgan fingerprint density at radius 1 is 0.913 bits per heavy atom. The van der Waals surface area contributed by atoms with E-state index >= 15 is 0 Å². The van der Waals surface area contributed by atoms with Crippen molar-refractivity contribution in [3.8, 4) is 0 Å². The molecule has 2 rings (SSSR count). The molecule has 1 aliphatic rings. The number of halogens is 5. The third kappa shape index (κ3) is 4.59. The summed E-state index contributed by atoms with van der Waals surface area (Å²) >= 11 is 21.6. The standard InChI is InChI=1S/C5H6Br2N2O2.C3H3Cl3N6/c1-5(2)3(10)8(6)4(11)9(5)7;4-10-1-7-2(11-5)9-3(8-1)12-6/h1-2H3;(H3,7,8,9,10,11,12). The number of amides is 3. The summed E-state index contributed by atoms with van der Waals surface area (Å²) in [6, 6.07) is -0.403. The molecule has 0 atom stereocenters. The summed E-state index contributed by atoms with van der Waals surface area (Å²) < 4.78 is 2.11. The van der Waals surface area contributed by atoms with Crippen LogP contribution < -0.4 is 14.5 Å². The molecule has 2 heterocycles. The van der Waals surface area contributed by atoms with E-state index in [-0.39, 0.29) is 23.8 Å². The average Bonchev–Trinajstić information content (AvgIpc) is 2.70. The van der Waals surface area contributed by atoms with Crippen LogP contribution in [0.25, 0.3) is 0 Å². The molecule has 0 aromatic carbocycles. The Morgan fingerprint density at radius 3 is 1.39 bits per heavy atom. The zero-order valence-electron chi connectivity index (χ0n) is 11.4. The summed E-state index contributed by atoms with van der Waals surface area (Å²) in [6.07, 6.45) is 0. The second-order valence-electron chi connectivity index (χ2n) is 4.30. The molecule has 1 aromatic heterocycles. The van der Waals surface area contributed by atoms with Crippen LogP contribution in [-0.4, -0.2) is 40.3 Å². The van der Waals surface area contributed by atoms with E-state index in [1.807, 2.05) is 0 Å². The number of hydrogen-bond donors (Lipinski definition) is 3. The fraction of sp³-hybridized carbons (Fsp3) is 0.375. The minimum absolute atomic E-state index is 0.137. The molecule has 0 aliphatic carbocycles. The SMILES string of the molecule is CC1(C)C(=O)N(Br)C(=O)N1Br.ClNc1nc(NCl)nc(NCl)n1. The quantitative estimate of drug-likeness (QED) is 0.416. The van der Waals surface area contributed by atoms with Gasteiger partial charge in [-0.1, -0.05) is 0 Å². The van der Waals surface area contributed by atoms with E-state index in [4.69, 9.17) is 35.3 Å². The maximum atomic E-state index is 11.2. The van der Waals surface area contributed by atoms with E-state index in [1.54, 1.807) is 13.8 Å². The van der Waals surface area contributed by atoms with Gasteiger partial charge in [0.1, 0.15) is 5.54 Å². The van der Waals surface area contributed by atoms with Crippen LogP contribution in [0.3, 0.4) is 0 Å². The van der Waals surface area contributed by atoms with Gasteiger partial charge in [-0.05, 0) is 13.8 Å².